The Bertz CT molecular complexity index is 359. The fourth-order valence-electron chi connectivity index (χ4n) is 1.89. The van der Waals surface area contributed by atoms with E-state index < -0.39 is 0 Å². The van der Waals surface area contributed by atoms with Crippen LogP contribution in [-0.2, 0) is 17.8 Å². The summed E-state index contributed by atoms with van der Waals surface area (Å²) in [6, 6.07) is 0. The fraction of sp³-hybridized carbons (Fsp3) is 0.750. The highest BCUT2D eigenvalue weighted by molar-refractivity contribution is 5.83. The molecule has 96 valence electrons. The highest BCUT2D eigenvalue weighted by Crippen LogP contribution is 2.13. The minimum absolute atomic E-state index is 0.0817. The Morgan fingerprint density at radius 1 is 1.53 bits per heavy atom. The first-order chi connectivity index (χ1) is 8.10. The average Bonchev–Trinajstić information content (AvgIpc) is 2.66. The number of nitrogens with two attached hydrogens (primary N) is 1. The number of aryl methyl sites for hydroxylation is 1. The second-order valence-corrected chi connectivity index (χ2v) is 4.63. The van der Waals surface area contributed by atoms with Gasteiger partial charge in [0.25, 0.3) is 0 Å². The zero-order chi connectivity index (χ0) is 12.8. The summed E-state index contributed by atoms with van der Waals surface area (Å²) in [5, 5.41) is 4.11. The van der Waals surface area contributed by atoms with E-state index in [4.69, 9.17) is 5.73 Å². The molecule has 0 spiro atoms. The molecule has 0 saturated carbocycles. The van der Waals surface area contributed by atoms with Gasteiger partial charge in [-0.25, -0.2) is 9.67 Å². The number of rotatable bonds is 7. The third kappa shape index (κ3) is 3.63. The molecule has 1 aromatic heterocycles. The van der Waals surface area contributed by atoms with Crippen LogP contribution in [0.2, 0.25) is 0 Å². The predicted octanol–water partition coefficient (Wildman–Crippen LogP) is 1.03. The van der Waals surface area contributed by atoms with Gasteiger partial charge in [-0.1, -0.05) is 20.8 Å². The van der Waals surface area contributed by atoms with Gasteiger partial charge in [0.05, 0.1) is 6.42 Å². The summed E-state index contributed by atoms with van der Waals surface area (Å²) in [6.07, 6.45) is 2.82. The van der Waals surface area contributed by atoms with Crippen LogP contribution in [0.15, 0.2) is 6.33 Å². The normalized spacial score (nSPS) is 13.0. The van der Waals surface area contributed by atoms with Crippen LogP contribution in [0.4, 0.5) is 0 Å². The van der Waals surface area contributed by atoms with Crippen molar-refractivity contribution in [2.24, 2.45) is 17.6 Å². The first-order valence-corrected chi connectivity index (χ1v) is 6.19. The maximum Gasteiger partial charge on any atom is 0.145 e. The molecule has 1 heterocycles. The lowest BCUT2D eigenvalue weighted by Crippen LogP contribution is -2.30. The molecule has 0 bridgehead atoms. The van der Waals surface area contributed by atoms with Gasteiger partial charge < -0.3 is 5.73 Å². The van der Waals surface area contributed by atoms with Crippen LogP contribution in [0.5, 0.6) is 0 Å². The monoisotopic (exact) mass is 238 g/mol. The molecule has 0 amide bonds. The van der Waals surface area contributed by atoms with Crippen molar-refractivity contribution in [3.05, 3.63) is 12.2 Å². The van der Waals surface area contributed by atoms with Gasteiger partial charge in [0.15, 0.2) is 0 Å². The molecule has 17 heavy (non-hydrogen) atoms. The van der Waals surface area contributed by atoms with E-state index in [1.807, 2.05) is 13.8 Å². The third-order valence-corrected chi connectivity index (χ3v) is 2.94. The molecule has 1 atom stereocenters. The van der Waals surface area contributed by atoms with Crippen molar-refractivity contribution >= 4 is 5.78 Å². The molecule has 1 unspecified atom stereocenters. The maximum atomic E-state index is 12.1. The second-order valence-electron chi connectivity index (χ2n) is 4.63. The highest BCUT2D eigenvalue weighted by atomic mass is 16.1. The summed E-state index contributed by atoms with van der Waals surface area (Å²) in [6.45, 7) is 7.32. The minimum atomic E-state index is -0.0817. The Balaban J connectivity index is 2.69. The molecule has 1 aromatic rings. The number of aromatic nitrogens is 3. The molecule has 2 N–H and O–H groups in total. The van der Waals surface area contributed by atoms with Crippen LogP contribution in [-0.4, -0.2) is 27.1 Å². The summed E-state index contributed by atoms with van der Waals surface area (Å²) in [5.74, 6) is 1.10. The number of ketones is 1. The van der Waals surface area contributed by atoms with Gasteiger partial charge >= 0.3 is 0 Å². The molecule has 0 aliphatic carbocycles. The lowest BCUT2D eigenvalue weighted by molar-refractivity contribution is -0.123. The van der Waals surface area contributed by atoms with Crippen molar-refractivity contribution in [2.75, 3.05) is 6.54 Å². The number of hydrogen-bond acceptors (Lipinski definition) is 4. The molecule has 1 rings (SSSR count). The van der Waals surface area contributed by atoms with E-state index in [0.29, 0.717) is 13.0 Å². The van der Waals surface area contributed by atoms with Gasteiger partial charge in [-0.05, 0) is 12.3 Å². The summed E-state index contributed by atoms with van der Waals surface area (Å²) < 4.78 is 1.80. The first-order valence-electron chi connectivity index (χ1n) is 6.19. The van der Waals surface area contributed by atoms with Crippen molar-refractivity contribution in [2.45, 2.75) is 40.2 Å². The van der Waals surface area contributed by atoms with Crippen LogP contribution in [0, 0.1) is 11.8 Å². The van der Waals surface area contributed by atoms with Gasteiger partial charge in [-0.3, -0.25) is 4.79 Å². The van der Waals surface area contributed by atoms with Crippen molar-refractivity contribution in [1.29, 1.82) is 0 Å². The number of nitrogens with zero attached hydrogens (tertiary/aromatic N) is 3. The zero-order valence-electron chi connectivity index (χ0n) is 10.9. The summed E-state index contributed by atoms with van der Waals surface area (Å²) >= 11 is 0. The maximum absolute atomic E-state index is 12.1. The zero-order valence-corrected chi connectivity index (χ0v) is 10.9. The van der Waals surface area contributed by atoms with Gasteiger partial charge in [0.1, 0.15) is 17.9 Å². The van der Waals surface area contributed by atoms with Crippen LogP contribution in [0.25, 0.3) is 0 Å². The summed E-state index contributed by atoms with van der Waals surface area (Å²) in [5.41, 5.74) is 5.64. The largest absolute Gasteiger partial charge is 0.330 e. The van der Waals surface area contributed by atoms with Crippen LogP contribution < -0.4 is 5.73 Å². The van der Waals surface area contributed by atoms with Crippen molar-refractivity contribution in [1.82, 2.24) is 14.8 Å². The van der Waals surface area contributed by atoms with E-state index in [2.05, 4.69) is 17.0 Å². The molecule has 0 aromatic carbocycles. The third-order valence-electron chi connectivity index (χ3n) is 2.94. The molecule has 0 saturated heterocycles. The average molecular weight is 238 g/mol. The lowest BCUT2D eigenvalue weighted by Gasteiger charge is -2.17. The molecule has 0 fully saturated rings. The van der Waals surface area contributed by atoms with E-state index in [-0.39, 0.29) is 17.6 Å². The molecule has 0 aliphatic heterocycles. The minimum Gasteiger partial charge on any atom is -0.330 e. The van der Waals surface area contributed by atoms with E-state index in [0.717, 1.165) is 18.8 Å². The lowest BCUT2D eigenvalue weighted by atomic mass is 9.90. The molecular formula is C12H22N4O. The van der Waals surface area contributed by atoms with Gasteiger partial charge in [0.2, 0.25) is 0 Å². The smallest absolute Gasteiger partial charge is 0.145 e. The van der Waals surface area contributed by atoms with Gasteiger partial charge in [-0.15, -0.1) is 0 Å². The van der Waals surface area contributed by atoms with E-state index in [1.54, 1.807) is 4.68 Å². The topological polar surface area (TPSA) is 73.8 Å². The second kappa shape index (κ2) is 6.49. The predicted molar refractivity (Wildman–Crippen MR) is 66.4 cm³/mol. The molecule has 5 nitrogen and oxygen atoms in total. The van der Waals surface area contributed by atoms with Crippen LogP contribution in [0.1, 0.15) is 33.0 Å². The number of carbonyl (C=O) groups is 1. The quantitative estimate of drug-likeness (QED) is 0.770. The van der Waals surface area contributed by atoms with Gasteiger partial charge in [-0.2, -0.15) is 5.10 Å². The Morgan fingerprint density at radius 3 is 2.76 bits per heavy atom. The molecule has 0 aliphatic rings. The fourth-order valence-corrected chi connectivity index (χ4v) is 1.89. The van der Waals surface area contributed by atoms with Gasteiger partial charge in [0, 0.05) is 19.0 Å². The molecule has 0 radical (unpaired) electrons. The van der Waals surface area contributed by atoms with Crippen molar-refractivity contribution in [3.63, 3.8) is 0 Å². The van der Waals surface area contributed by atoms with Crippen molar-refractivity contribution in [3.8, 4) is 0 Å². The van der Waals surface area contributed by atoms with E-state index >= 15 is 0 Å². The molecule has 5 heteroatoms. The number of carbonyl (C=O) groups excluding carboxylic acids is 1. The Hall–Kier alpha value is -1.23. The number of Topliss-reactive ketones (excluding diaryl/α,β-unsaturated/α-hetero) is 1. The highest BCUT2D eigenvalue weighted by Gasteiger charge is 2.22. The van der Waals surface area contributed by atoms with E-state index in [9.17, 15) is 4.79 Å². The van der Waals surface area contributed by atoms with E-state index in [1.165, 1.54) is 6.33 Å². The molecular weight excluding hydrogens is 216 g/mol. The van der Waals surface area contributed by atoms with Crippen LogP contribution >= 0.6 is 0 Å². The standard InChI is InChI=1S/C12H22N4O/c1-4-5-16-12(14-8-15-16)6-11(17)10(7-13)9(2)3/h8-10H,4-7,13H2,1-3H3. The SMILES string of the molecule is CCCn1ncnc1CC(=O)C(CN)C(C)C. The Kier molecular flexibility index (Phi) is 5.28. The summed E-state index contributed by atoms with van der Waals surface area (Å²) in [4.78, 5) is 16.2. The number of hydrogen-bond donors (Lipinski definition) is 1. The van der Waals surface area contributed by atoms with Crippen molar-refractivity contribution < 1.29 is 4.79 Å². The summed E-state index contributed by atoms with van der Waals surface area (Å²) in [7, 11) is 0. The first kappa shape index (κ1) is 13.8. The Labute approximate surface area is 102 Å². The Morgan fingerprint density at radius 2 is 2.24 bits per heavy atom. The van der Waals surface area contributed by atoms with Crippen LogP contribution in [0.3, 0.4) is 0 Å².